The van der Waals surface area contributed by atoms with Gasteiger partial charge in [-0.3, -0.25) is 9.59 Å². The van der Waals surface area contributed by atoms with E-state index in [1.54, 1.807) is 0 Å². The summed E-state index contributed by atoms with van der Waals surface area (Å²) in [6.45, 7) is -0.256. The minimum atomic E-state index is -1.16. The monoisotopic (exact) mass is 392 g/mol. The first-order valence-electron chi connectivity index (χ1n) is 8.32. The molecule has 0 saturated heterocycles. The molecule has 3 rings (SSSR count). The quantitative estimate of drug-likeness (QED) is 0.697. The lowest BCUT2D eigenvalue weighted by Crippen LogP contribution is -2.34. The molecule has 0 spiro atoms. The number of pyridine rings is 1. The molecular weight excluding hydrogens is 374 g/mol. The maximum atomic E-state index is 13.7. The molecule has 0 bridgehead atoms. The van der Waals surface area contributed by atoms with Crippen LogP contribution in [0.3, 0.4) is 0 Å². The van der Waals surface area contributed by atoms with Gasteiger partial charge in [0.05, 0.1) is 24.9 Å². The van der Waals surface area contributed by atoms with Gasteiger partial charge in [0.25, 0.3) is 5.91 Å². The van der Waals surface area contributed by atoms with Crippen LogP contribution in [0.15, 0.2) is 29.2 Å². The minimum Gasteiger partial charge on any atom is -0.495 e. The van der Waals surface area contributed by atoms with Crippen molar-refractivity contribution in [3.05, 3.63) is 68.6 Å². The lowest BCUT2D eigenvalue weighted by atomic mass is 9.97. The molecule has 1 aliphatic carbocycles. The van der Waals surface area contributed by atoms with Gasteiger partial charge < -0.3 is 24.5 Å². The largest absolute Gasteiger partial charge is 0.495 e. The zero-order chi connectivity index (χ0) is 20.4. The molecule has 2 aromatic rings. The van der Waals surface area contributed by atoms with Crippen LogP contribution in [0.4, 0.5) is 8.78 Å². The molecule has 2 N–H and O–H groups in total. The second-order valence-electron chi connectivity index (χ2n) is 6.11. The number of methoxy groups -OCH3 is 2. The Balaban J connectivity index is 1.87. The fourth-order valence-electron chi connectivity index (χ4n) is 2.86. The van der Waals surface area contributed by atoms with Gasteiger partial charge in [0.2, 0.25) is 5.43 Å². The van der Waals surface area contributed by atoms with E-state index in [1.807, 2.05) is 0 Å². The van der Waals surface area contributed by atoms with E-state index in [2.05, 4.69) is 5.32 Å². The molecule has 148 valence electrons. The first kappa shape index (κ1) is 19.7. The van der Waals surface area contributed by atoms with E-state index in [0.717, 1.165) is 6.07 Å². The van der Waals surface area contributed by atoms with Crippen LogP contribution in [0.1, 0.15) is 27.2 Å². The molecule has 0 saturated carbocycles. The Hall–Kier alpha value is -3.04. The molecular formula is C19H18F2N2O5. The van der Waals surface area contributed by atoms with Crippen molar-refractivity contribution in [3.8, 4) is 0 Å². The maximum Gasteiger partial charge on any atom is 0.257 e. The number of aliphatic hydroxyl groups excluding tert-OH is 1. The number of carbonyl (C=O) groups is 1. The summed E-state index contributed by atoms with van der Waals surface area (Å²) < 4.78 is 38.2. The van der Waals surface area contributed by atoms with Crippen molar-refractivity contribution >= 4 is 17.7 Å². The van der Waals surface area contributed by atoms with Gasteiger partial charge in [0.1, 0.15) is 23.0 Å². The number of nitrogens with one attached hydrogen (secondary N) is 1. The topological polar surface area (TPSA) is 89.8 Å². The van der Waals surface area contributed by atoms with Crippen molar-refractivity contribution in [2.75, 3.05) is 14.2 Å². The van der Waals surface area contributed by atoms with Gasteiger partial charge in [-0.25, -0.2) is 8.78 Å². The van der Waals surface area contributed by atoms with Gasteiger partial charge in [0, 0.05) is 31.5 Å². The number of hydrogen-bond donors (Lipinski definition) is 2. The minimum absolute atomic E-state index is 0.0350. The fourth-order valence-corrected chi connectivity index (χ4v) is 2.86. The molecule has 1 heterocycles. The number of nitrogens with zero attached hydrogens (tertiary/aromatic N) is 1. The van der Waals surface area contributed by atoms with Crippen LogP contribution in [0, 0.1) is 11.6 Å². The van der Waals surface area contributed by atoms with Crippen molar-refractivity contribution in [1.82, 2.24) is 9.88 Å². The first-order valence-corrected chi connectivity index (χ1v) is 8.32. The molecule has 1 atom stereocenters. The highest BCUT2D eigenvalue weighted by Crippen LogP contribution is 2.31. The Morgan fingerprint density at radius 1 is 1.32 bits per heavy atom. The number of aromatic nitrogens is 1. The van der Waals surface area contributed by atoms with E-state index >= 15 is 0 Å². The van der Waals surface area contributed by atoms with Gasteiger partial charge in [-0.05, 0) is 12.1 Å². The molecule has 1 aromatic carbocycles. The molecule has 0 aliphatic heterocycles. The number of benzene rings is 1. The fraction of sp³-hybridized carbons (Fsp3) is 0.263. The van der Waals surface area contributed by atoms with Crippen molar-refractivity contribution in [2.24, 2.45) is 0 Å². The Morgan fingerprint density at radius 2 is 2.07 bits per heavy atom. The summed E-state index contributed by atoms with van der Waals surface area (Å²) >= 11 is 0. The van der Waals surface area contributed by atoms with Crippen LogP contribution in [0.25, 0.3) is 11.8 Å². The standard InChI is InChI=1S/C19H18F2N2O5/c1-27-15-6-12-17(15)23(9-16(24)28-2)8-13(18(12)25)19(26)22-7-10-3-4-11(20)5-14(10)21/h3-6,8,16,24H,7,9H2,1-2H3,(H,22,26). The summed E-state index contributed by atoms with van der Waals surface area (Å²) in [5.41, 5.74) is 0.0906. The van der Waals surface area contributed by atoms with Crippen molar-refractivity contribution < 1.29 is 28.2 Å². The molecule has 28 heavy (non-hydrogen) atoms. The second kappa shape index (κ2) is 7.91. The third kappa shape index (κ3) is 3.67. The highest BCUT2D eigenvalue weighted by molar-refractivity contribution is 5.98. The Labute approximate surface area is 158 Å². The van der Waals surface area contributed by atoms with Gasteiger partial charge >= 0.3 is 0 Å². The number of carbonyl (C=O) groups excluding carboxylic acids is 1. The van der Waals surface area contributed by atoms with Gasteiger partial charge in [-0.1, -0.05) is 6.07 Å². The Morgan fingerprint density at radius 3 is 2.71 bits per heavy atom. The molecule has 0 fully saturated rings. The van der Waals surface area contributed by atoms with Gasteiger partial charge in [0.15, 0.2) is 6.29 Å². The summed E-state index contributed by atoms with van der Waals surface area (Å²) in [6.07, 6.45) is 1.62. The van der Waals surface area contributed by atoms with E-state index in [-0.39, 0.29) is 29.8 Å². The van der Waals surface area contributed by atoms with E-state index in [4.69, 9.17) is 9.47 Å². The predicted octanol–water partition coefficient (Wildman–Crippen LogP) is 1.48. The van der Waals surface area contributed by atoms with E-state index in [9.17, 15) is 23.5 Å². The molecule has 9 heteroatoms. The molecule has 1 unspecified atom stereocenters. The lowest BCUT2D eigenvalue weighted by molar-refractivity contribution is -0.0837. The van der Waals surface area contributed by atoms with Crippen molar-refractivity contribution in [3.63, 3.8) is 0 Å². The van der Waals surface area contributed by atoms with Gasteiger partial charge in [-0.2, -0.15) is 0 Å². The summed E-state index contributed by atoms with van der Waals surface area (Å²) in [5, 5.41) is 12.2. The summed E-state index contributed by atoms with van der Waals surface area (Å²) in [5.74, 6) is -1.81. The third-order valence-corrected chi connectivity index (χ3v) is 4.37. The zero-order valence-electron chi connectivity index (χ0n) is 15.2. The Bertz CT molecular complexity index is 1020. The summed E-state index contributed by atoms with van der Waals surface area (Å²) in [7, 11) is 2.76. The maximum absolute atomic E-state index is 13.7. The number of amides is 1. The average molecular weight is 392 g/mol. The predicted molar refractivity (Wildman–Crippen MR) is 96.1 cm³/mol. The van der Waals surface area contributed by atoms with E-state index < -0.39 is 29.3 Å². The van der Waals surface area contributed by atoms with Crippen LogP contribution in [-0.2, 0) is 22.6 Å². The van der Waals surface area contributed by atoms with E-state index in [1.165, 1.54) is 37.1 Å². The second-order valence-corrected chi connectivity index (χ2v) is 6.11. The number of fused-ring (bicyclic) bond motifs is 1. The normalized spacial score (nSPS) is 13.2. The van der Waals surface area contributed by atoms with Gasteiger partial charge in [-0.15, -0.1) is 0 Å². The summed E-state index contributed by atoms with van der Waals surface area (Å²) in [6, 6.07) is 3.00. The van der Waals surface area contributed by atoms with Crippen LogP contribution in [0.5, 0.6) is 0 Å². The first-order chi connectivity index (χ1) is 13.3. The zero-order valence-corrected chi connectivity index (χ0v) is 15.2. The Kier molecular flexibility index (Phi) is 5.57. The molecule has 7 nitrogen and oxygen atoms in total. The van der Waals surface area contributed by atoms with Crippen molar-refractivity contribution in [2.45, 2.75) is 19.4 Å². The van der Waals surface area contributed by atoms with Crippen LogP contribution in [-0.4, -0.2) is 36.1 Å². The lowest BCUT2D eigenvalue weighted by Gasteiger charge is -2.25. The number of rotatable bonds is 7. The molecule has 1 aromatic heterocycles. The highest BCUT2D eigenvalue weighted by atomic mass is 19.1. The highest BCUT2D eigenvalue weighted by Gasteiger charge is 2.28. The smallest absolute Gasteiger partial charge is 0.257 e. The number of aliphatic hydroxyl groups is 1. The van der Waals surface area contributed by atoms with Crippen molar-refractivity contribution in [1.29, 1.82) is 0 Å². The third-order valence-electron chi connectivity index (χ3n) is 4.37. The van der Waals surface area contributed by atoms with Crippen LogP contribution >= 0.6 is 0 Å². The number of hydrogen-bond acceptors (Lipinski definition) is 5. The van der Waals surface area contributed by atoms with E-state index in [0.29, 0.717) is 17.5 Å². The van der Waals surface area contributed by atoms with Crippen LogP contribution < -0.4 is 10.7 Å². The molecule has 1 amide bonds. The average Bonchev–Trinajstić information content (AvgIpc) is 2.63. The molecule has 0 radical (unpaired) electrons. The summed E-state index contributed by atoms with van der Waals surface area (Å²) in [4.78, 5) is 25.1. The number of ether oxygens (including phenoxy) is 2. The van der Waals surface area contributed by atoms with Crippen LogP contribution in [0.2, 0.25) is 0 Å². The SMILES string of the molecule is COC1=Cc2c1n(CC(O)OC)cc(C(=O)NCc1ccc(F)cc1F)c2=O. The number of halogens is 2. The molecule has 1 aliphatic rings.